The number of nitro benzene ring substituents is 1. The van der Waals surface area contributed by atoms with Crippen LogP contribution in [0.3, 0.4) is 0 Å². The molecule has 4 aromatic carbocycles. The molecule has 0 atom stereocenters. The number of hydrogen-bond donors (Lipinski definition) is 0. The molecule has 9 heteroatoms. The molecule has 4 aromatic rings. The zero-order chi connectivity index (χ0) is 26.6. The maximum Gasteiger partial charge on any atom is 0.293 e. The van der Waals surface area contributed by atoms with Crippen molar-refractivity contribution in [3.8, 4) is 11.5 Å². The third-order valence-corrected chi connectivity index (χ3v) is 7.02. The van der Waals surface area contributed by atoms with E-state index in [4.69, 9.17) is 9.47 Å². The molecule has 0 saturated carbocycles. The molecule has 5 rings (SSSR count). The van der Waals surface area contributed by atoms with Crippen molar-refractivity contribution in [2.45, 2.75) is 13.2 Å². The van der Waals surface area contributed by atoms with Gasteiger partial charge in [-0.2, -0.15) is 0 Å². The highest BCUT2D eigenvalue weighted by Gasteiger charge is 2.35. The number of ether oxygens (including phenoxy) is 2. The first-order valence-electron chi connectivity index (χ1n) is 11.7. The van der Waals surface area contributed by atoms with Crippen LogP contribution in [-0.2, 0) is 17.9 Å². The molecule has 38 heavy (non-hydrogen) atoms. The predicted molar refractivity (Wildman–Crippen MR) is 146 cm³/mol. The first-order chi connectivity index (χ1) is 18.4. The van der Waals surface area contributed by atoms with Gasteiger partial charge < -0.3 is 9.47 Å². The van der Waals surface area contributed by atoms with Gasteiger partial charge in [0.15, 0.2) is 11.5 Å². The standard InChI is InChI=1S/C29H22N2O6S/c1-36-26-15-20(11-14-25(26)37-18-19-9-12-23(13-10-19)31(34)35)16-27-28(32)30(29(33)38-27)17-22-7-4-6-21-5-2-3-8-24(21)22/h2-16H,17-18H2,1H3/b27-16+. The fraction of sp³-hybridized carbons (Fsp3) is 0.103. The maximum absolute atomic E-state index is 13.1. The van der Waals surface area contributed by atoms with Gasteiger partial charge in [0, 0.05) is 12.1 Å². The summed E-state index contributed by atoms with van der Waals surface area (Å²) in [6, 6.07) is 25.0. The van der Waals surface area contributed by atoms with Crippen LogP contribution >= 0.6 is 11.8 Å². The molecule has 1 aliphatic heterocycles. The van der Waals surface area contributed by atoms with Gasteiger partial charge in [-0.15, -0.1) is 0 Å². The Hall–Kier alpha value is -4.63. The lowest BCUT2D eigenvalue weighted by Gasteiger charge is -2.14. The monoisotopic (exact) mass is 526 g/mol. The molecular formula is C29H22N2O6S. The first kappa shape index (κ1) is 25.0. The van der Waals surface area contributed by atoms with Crippen LogP contribution in [0.15, 0.2) is 89.8 Å². The van der Waals surface area contributed by atoms with Gasteiger partial charge in [0.25, 0.3) is 16.8 Å². The molecule has 2 amide bonds. The Morgan fingerprint density at radius 1 is 0.947 bits per heavy atom. The highest BCUT2D eigenvalue weighted by molar-refractivity contribution is 8.18. The number of imide groups is 1. The van der Waals surface area contributed by atoms with Crippen LogP contribution in [0.4, 0.5) is 10.5 Å². The van der Waals surface area contributed by atoms with Crippen molar-refractivity contribution in [2.24, 2.45) is 0 Å². The number of benzene rings is 4. The third kappa shape index (κ3) is 5.23. The lowest BCUT2D eigenvalue weighted by molar-refractivity contribution is -0.384. The van der Waals surface area contributed by atoms with E-state index in [-0.39, 0.29) is 30.0 Å². The topological polar surface area (TPSA) is 99.0 Å². The molecule has 1 heterocycles. The van der Waals surface area contributed by atoms with E-state index < -0.39 is 4.92 Å². The average molecular weight is 527 g/mol. The molecular weight excluding hydrogens is 504 g/mol. The number of carbonyl (C=O) groups excluding carboxylic acids is 2. The molecule has 190 valence electrons. The van der Waals surface area contributed by atoms with Crippen LogP contribution in [-0.4, -0.2) is 28.1 Å². The highest BCUT2D eigenvalue weighted by Crippen LogP contribution is 2.36. The molecule has 1 fully saturated rings. The van der Waals surface area contributed by atoms with Crippen molar-refractivity contribution in [1.29, 1.82) is 0 Å². The Morgan fingerprint density at radius 2 is 1.71 bits per heavy atom. The highest BCUT2D eigenvalue weighted by atomic mass is 32.2. The first-order valence-corrected chi connectivity index (χ1v) is 12.5. The van der Waals surface area contributed by atoms with Gasteiger partial charge in [-0.3, -0.25) is 24.6 Å². The Balaban J connectivity index is 1.30. The predicted octanol–water partition coefficient (Wildman–Crippen LogP) is 6.57. The quantitative estimate of drug-likeness (QED) is 0.145. The molecule has 1 saturated heterocycles. The van der Waals surface area contributed by atoms with Crippen LogP contribution in [0.25, 0.3) is 16.8 Å². The van der Waals surface area contributed by atoms with Crippen LogP contribution in [0, 0.1) is 10.1 Å². The molecule has 0 spiro atoms. The van der Waals surface area contributed by atoms with E-state index >= 15 is 0 Å². The zero-order valence-corrected chi connectivity index (χ0v) is 21.1. The summed E-state index contributed by atoms with van der Waals surface area (Å²) in [6.07, 6.45) is 1.66. The normalized spacial score (nSPS) is 14.3. The second kappa shape index (κ2) is 10.8. The number of methoxy groups -OCH3 is 1. The fourth-order valence-electron chi connectivity index (χ4n) is 4.16. The van der Waals surface area contributed by atoms with Gasteiger partial charge >= 0.3 is 0 Å². The van der Waals surface area contributed by atoms with Crippen molar-refractivity contribution >= 4 is 45.4 Å². The molecule has 0 aliphatic carbocycles. The summed E-state index contributed by atoms with van der Waals surface area (Å²) in [5.41, 5.74) is 2.36. The smallest absolute Gasteiger partial charge is 0.293 e. The largest absolute Gasteiger partial charge is 0.493 e. The van der Waals surface area contributed by atoms with Gasteiger partial charge in [-0.1, -0.05) is 48.5 Å². The Kier molecular flexibility index (Phi) is 7.10. The SMILES string of the molecule is COc1cc(/C=C2/SC(=O)N(Cc3cccc4ccccc34)C2=O)ccc1OCc1ccc([N+](=O)[O-])cc1. The van der Waals surface area contributed by atoms with E-state index in [1.165, 1.54) is 24.1 Å². The Morgan fingerprint density at radius 3 is 2.47 bits per heavy atom. The Bertz CT molecular complexity index is 1580. The summed E-state index contributed by atoms with van der Waals surface area (Å²) < 4.78 is 11.3. The lowest BCUT2D eigenvalue weighted by atomic mass is 10.0. The summed E-state index contributed by atoms with van der Waals surface area (Å²) in [4.78, 5) is 37.8. The number of fused-ring (bicyclic) bond motifs is 1. The minimum Gasteiger partial charge on any atom is -0.493 e. The van der Waals surface area contributed by atoms with Gasteiger partial charge in [-0.05, 0) is 69.6 Å². The molecule has 0 radical (unpaired) electrons. The molecule has 0 aromatic heterocycles. The summed E-state index contributed by atoms with van der Waals surface area (Å²) in [7, 11) is 1.51. The number of amides is 2. The number of carbonyl (C=O) groups is 2. The minimum atomic E-state index is -0.454. The van der Waals surface area contributed by atoms with Gasteiger partial charge in [0.1, 0.15) is 6.61 Å². The van der Waals surface area contributed by atoms with Crippen molar-refractivity contribution in [3.05, 3.63) is 117 Å². The minimum absolute atomic E-state index is 0.0113. The molecule has 8 nitrogen and oxygen atoms in total. The van der Waals surface area contributed by atoms with Gasteiger partial charge in [-0.25, -0.2) is 0 Å². The van der Waals surface area contributed by atoms with Crippen LogP contribution < -0.4 is 9.47 Å². The summed E-state index contributed by atoms with van der Waals surface area (Å²) in [6.45, 7) is 0.392. The van der Waals surface area contributed by atoms with Crippen molar-refractivity contribution in [2.75, 3.05) is 7.11 Å². The van der Waals surface area contributed by atoms with Crippen molar-refractivity contribution in [3.63, 3.8) is 0 Å². The summed E-state index contributed by atoms with van der Waals surface area (Å²) in [5.74, 6) is 0.591. The average Bonchev–Trinajstić information content (AvgIpc) is 3.19. The summed E-state index contributed by atoms with van der Waals surface area (Å²) >= 11 is 0.908. The molecule has 1 aliphatic rings. The van der Waals surface area contributed by atoms with E-state index in [9.17, 15) is 19.7 Å². The number of hydrogen-bond acceptors (Lipinski definition) is 7. The molecule has 0 bridgehead atoms. The van der Waals surface area contributed by atoms with Gasteiger partial charge in [0.2, 0.25) is 0 Å². The van der Waals surface area contributed by atoms with E-state index in [1.54, 1.807) is 36.4 Å². The van der Waals surface area contributed by atoms with Crippen LogP contribution in [0.1, 0.15) is 16.7 Å². The van der Waals surface area contributed by atoms with Crippen LogP contribution in [0.2, 0.25) is 0 Å². The van der Waals surface area contributed by atoms with E-state index in [1.807, 2.05) is 42.5 Å². The molecule has 0 N–H and O–H groups in total. The second-order valence-electron chi connectivity index (χ2n) is 8.53. The number of thioether (sulfide) groups is 1. The lowest BCUT2D eigenvalue weighted by Crippen LogP contribution is -2.27. The summed E-state index contributed by atoms with van der Waals surface area (Å²) in [5, 5.41) is 12.6. The zero-order valence-electron chi connectivity index (χ0n) is 20.3. The van der Waals surface area contributed by atoms with E-state index in [0.717, 1.165) is 33.7 Å². The second-order valence-corrected chi connectivity index (χ2v) is 9.52. The third-order valence-electron chi connectivity index (χ3n) is 6.11. The fourth-order valence-corrected chi connectivity index (χ4v) is 4.99. The van der Waals surface area contributed by atoms with E-state index in [0.29, 0.717) is 22.0 Å². The number of nitrogens with zero attached hydrogens (tertiary/aromatic N) is 2. The van der Waals surface area contributed by atoms with E-state index in [2.05, 4.69) is 0 Å². The van der Waals surface area contributed by atoms with Crippen molar-refractivity contribution < 1.29 is 24.0 Å². The maximum atomic E-state index is 13.1. The molecule has 0 unspecified atom stereocenters. The van der Waals surface area contributed by atoms with Gasteiger partial charge in [0.05, 0.1) is 23.5 Å². The Labute approximate surface area is 222 Å². The van der Waals surface area contributed by atoms with Crippen LogP contribution in [0.5, 0.6) is 11.5 Å². The number of nitro groups is 1. The number of non-ortho nitro benzene ring substituents is 1. The number of rotatable bonds is 8. The van der Waals surface area contributed by atoms with Crippen molar-refractivity contribution in [1.82, 2.24) is 4.90 Å².